The fraction of sp³-hybridized carbons (Fsp3) is 0.455. The highest BCUT2D eigenvalue weighted by atomic mass is 32.1. The zero-order chi connectivity index (χ0) is 14.0. The summed E-state index contributed by atoms with van der Waals surface area (Å²) in [6.45, 7) is 5.74. The molecule has 0 aliphatic rings. The second-order valence-electron chi connectivity index (χ2n) is 4.44. The maximum absolute atomic E-state index is 12.0. The van der Waals surface area contributed by atoms with Crippen molar-refractivity contribution in [3.8, 4) is 0 Å². The molecule has 102 valence electrons. The highest BCUT2D eigenvalue weighted by Crippen LogP contribution is 2.20. The lowest BCUT2D eigenvalue weighted by Gasteiger charge is -2.08. The molecule has 0 aliphatic carbocycles. The van der Waals surface area contributed by atoms with Gasteiger partial charge in [0.25, 0.3) is 5.91 Å². The van der Waals surface area contributed by atoms with E-state index in [-0.39, 0.29) is 23.6 Å². The van der Waals surface area contributed by atoms with Gasteiger partial charge in [0.1, 0.15) is 10.8 Å². The van der Waals surface area contributed by atoms with Gasteiger partial charge in [-0.1, -0.05) is 30.3 Å². The maximum atomic E-state index is 12.0. The number of carbonyl (C=O) groups is 1. The average Bonchev–Trinajstić information content (AvgIpc) is 2.96. The van der Waals surface area contributed by atoms with Crippen LogP contribution in [0.3, 0.4) is 0 Å². The molecule has 0 saturated carbocycles. The lowest BCUT2D eigenvalue weighted by molar-refractivity contribution is 0.0930. The molecule has 0 spiro atoms. The number of rotatable bonds is 4. The summed E-state index contributed by atoms with van der Waals surface area (Å²) in [5, 5.41) is 15.1. The van der Waals surface area contributed by atoms with E-state index in [1.165, 1.54) is 11.3 Å². The smallest absolute Gasteiger partial charge is 0.274 e. The maximum Gasteiger partial charge on any atom is 0.274 e. The number of nitrogens with two attached hydrogens (primary N) is 1. The number of nitrogen functional groups attached to an aromatic ring is 1. The topological polar surface area (TPSA) is 107 Å². The molecule has 0 aliphatic heterocycles. The molecule has 2 aromatic rings. The van der Waals surface area contributed by atoms with E-state index in [0.29, 0.717) is 15.9 Å². The average molecular weight is 281 g/mol. The largest absolute Gasteiger partial charge is 0.374 e. The summed E-state index contributed by atoms with van der Waals surface area (Å²) in [5.74, 6) is 0.560. The Morgan fingerprint density at radius 2 is 2.16 bits per heavy atom. The lowest BCUT2D eigenvalue weighted by atomic mass is 10.1. The number of aromatic nitrogens is 3. The van der Waals surface area contributed by atoms with Crippen LogP contribution in [0, 0.1) is 0 Å². The Bertz CT molecular complexity index is 577. The Labute approximate surface area is 114 Å². The Kier molecular flexibility index (Phi) is 3.79. The second kappa shape index (κ2) is 5.35. The zero-order valence-corrected chi connectivity index (χ0v) is 11.7. The van der Waals surface area contributed by atoms with E-state index in [0.717, 1.165) is 0 Å². The molecular formula is C11H15N5O2S. The lowest BCUT2D eigenvalue weighted by Crippen LogP contribution is -2.26. The summed E-state index contributed by atoms with van der Waals surface area (Å²) in [6.07, 6.45) is 0. The third-order valence-electron chi connectivity index (χ3n) is 2.50. The molecule has 0 fully saturated rings. The molecule has 1 amide bonds. The highest BCUT2D eigenvalue weighted by molar-refractivity contribution is 7.15. The molecule has 1 atom stereocenters. The number of carbonyl (C=O) groups excluding carboxylic acids is 1. The van der Waals surface area contributed by atoms with E-state index in [1.54, 1.807) is 13.0 Å². The second-order valence-corrected chi connectivity index (χ2v) is 5.48. The van der Waals surface area contributed by atoms with Crippen LogP contribution in [0.1, 0.15) is 54.0 Å². The molecule has 0 bridgehead atoms. The van der Waals surface area contributed by atoms with E-state index in [9.17, 15) is 4.79 Å². The van der Waals surface area contributed by atoms with E-state index < -0.39 is 0 Å². The molecule has 2 rings (SSSR count). The van der Waals surface area contributed by atoms with Crippen molar-refractivity contribution in [3.05, 3.63) is 22.5 Å². The third-order valence-corrected chi connectivity index (χ3v) is 3.44. The quantitative estimate of drug-likeness (QED) is 0.883. The third kappa shape index (κ3) is 3.08. The molecule has 2 aromatic heterocycles. The molecule has 3 N–H and O–H groups in total. The molecule has 0 saturated heterocycles. The van der Waals surface area contributed by atoms with E-state index in [4.69, 9.17) is 10.3 Å². The van der Waals surface area contributed by atoms with Crippen molar-refractivity contribution < 1.29 is 9.32 Å². The molecule has 19 heavy (non-hydrogen) atoms. The van der Waals surface area contributed by atoms with Gasteiger partial charge in [0.2, 0.25) is 5.13 Å². The number of nitrogens with zero attached hydrogens (tertiary/aromatic N) is 3. The van der Waals surface area contributed by atoms with Gasteiger partial charge in [0, 0.05) is 12.0 Å². The fourth-order valence-corrected chi connectivity index (χ4v) is 2.04. The van der Waals surface area contributed by atoms with Gasteiger partial charge in [0.15, 0.2) is 5.69 Å². The summed E-state index contributed by atoms with van der Waals surface area (Å²) < 4.78 is 5.08. The summed E-state index contributed by atoms with van der Waals surface area (Å²) in [4.78, 5) is 12.0. The van der Waals surface area contributed by atoms with Crippen molar-refractivity contribution in [3.63, 3.8) is 0 Å². The van der Waals surface area contributed by atoms with E-state index >= 15 is 0 Å². The Balaban J connectivity index is 2.04. The minimum absolute atomic E-state index is 0.189. The van der Waals surface area contributed by atoms with Crippen molar-refractivity contribution in [2.45, 2.75) is 32.7 Å². The van der Waals surface area contributed by atoms with Gasteiger partial charge in [-0.15, -0.1) is 10.2 Å². The molecule has 8 heteroatoms. The van der Waals surface area contributed by atoms with Crippen LogP contribution in [-0.2, 0) is 0 Å². The molecule has 7 nitrogen and oxygen atoms in total. The predicted molar refractivity (Wildman–Crippen MR) is 70.8 cm³/mol. The Morgan fingerprint density at radius 1 is 1.42 bits per heavy atom. The fourth-order valence-electron chi connectivity index (χ4n) is 1.42. The molecule has 0 unspecified atom stereocenters. The number of amides is 1. The minimum atomic E-state index is -0.308. The first-order chi connectivity index (χ1) is 8.97. The van der Waals surface area contributed by atoms with Crippen molar-refractivity contribution in [2.75, 3.05) is 5.73 Å². The van der Waals surface area contributed by atoms with Crippen molar-refractivity contribution in [1.29, 1.82) is 0 Å². The molecule has 2 heterocycles. The van der Waals surface area contributed by atoms with Crippen LogP contribution in [0.2, 0.25) is 0 Å². The van der Waals surface area contributed by atoms with Gasteiger partial charge < -0.3 is 15.6 Å². The first kappa shape index (κ1) is 13.5. The van der Waals surface area contributed by atoms with Crippen LogP contribution < -0.4 is 11.1 Å². The van der Waals surface area contributed by atoms with Crippen LogP contribution in [0.4, 0.5) is 5.13 Å². The van der Waals surface area contributed by atoms with Crippen molar-refractivity contribution in [2.24, 2.45) is 0 Å². The minimum Gasteiger partial charge on any atom is -0.374 e. The zero-order valence-electron chi connectivity index (χ0n) is 10.9. The normalized spacial score (nSPS) is 12.6. The van der Waals surface area contributed by atoms with E-state index in [2.05, 4.69) is 20.7 Å². The SMILES string of the molecule is CC(C)c1cc(C(=O)N[C@H](C)c2nnc(N)s2)no1. The molecule has 0 radical (unpaired) electrons. The molecule has 0 aromatic carbocycles. The number of hydrogen-bond acceptors (Lipinski definition) is 7. The van der Waals surface area contributed by atoms with Crippen molar-refractivity contribution >= 4 is 22.4 Å². The van der Waals surface area contributed by atoms with Crippen LogP contribution >= 0.6 is 11.3 Å². The van der Waals surface area contributed by atoms with Crippen LogP contribution in [-0.4, -0.2) is 21.3 Å². The van der Waals surface area contributed by atoms with Gasteiger partial charge in [-0.05, 0) is 6.92 Å². The summed E-state index contributed by atoms with van der Waals surface area (Å²) in [6, 6.07) is 1.36. The first-order valence-corrected chi connectivity index (χ1v) is 6.65. The van der Waals surface area contributed by atoms with Crippen LogP contribution in [0.15, 0.2) is 10.6 Å². The van der Waals surface area contributed by atoms with Gasteiger partial charge in [-0.2, -0.15) is 0 Å². The van der Waals surface area contributed by atoms with Crippen LogP contribution in [0.25, 0.3) is 0 Å². The summed E-state index contributed by atoms with van der Waals surface area (Å²) in [7, 11) is 0. The van der Waals surface area contributed by atoms with Crippen LogP contribution in [0.5, 0.6) is 0 Å². The Hall–Kier alpha value is -1.96. The van der Waals surface area contributed by atoms with Crippen molar-refractivity contribution in [1.82, 2.24) is 20.7 Å². The Morgan fingerprint density at radius 3 is 2.68 bits per heavy atom. The van der Waals surface area contributed by atoms with Gasteiger partial charge >= 0.3 is 0 Å². The monoisotopic (exact) mass is 281 g/mol. The predicted octanol–water partition coefficient (Wildman–Crippen LogP) is 1.72. The molecular weight excluding hydrogens is 266 g/mol. The highest BCUT2D eigenvalue weighted by Gasteiger charge is 2.18. The van der Waals surface area contributed by atoms with Gasteiger partial charge in [-0.25, -0.2) is 0 Å². The first-order valence-electron chi connectivity index (χ1n) is 5.83. The van der Waals surface area contributed by atoms with Gasteiger partial charge in [-0.3, -0.25) is 4.79 Å². The van der Waals surface area contributed by atoms with E-state index in [1.807, 2.05) is 13.8 Å². The number of hydrogen-bond donors (Lipinski definition) is 2. The van der Waals surface area contributed by atoms with Gasteiger partial charge in [0.05, 0.1) is 6.04 Å². The summed E-state index contributed by atoms with van der Waals surface area (Å²) >= 11 is 1.24. The number of anilines is 1. The number of nitrogens with one attached hydrogen (secondary N) is 1. The summed E-state index contributed by atoms with van der Waals surface area (Å²) in [5.41, 5.74) is 5.76. The standard InChI is InChI=1S/C11H15N5O2S/c1-5(2)8-4-7(16-18-8)9(17)13-6(3)10-14-15-11(12)19-10/h4-6H,1-3H3,(H2,12,15)(H,13,17)/t6-/m1/s1.